The number of hydrogen-bond donors (Lipinski definition) is 0. The Hall–Kier alpha value is -2.28. The predicted octanol–water partition coefficient (Wildman–Crippen LogP) is 3.44. The molecule has 0 saturated carbocycles. The Bertz CT molecular complexity index is 823. The molecule has 1 amide bonds. The zero-order chi connectivity index (χ0) is 18.8. The van der Waals surface area contributed by atoms with Crippen LogP contribution in [0.3, 0.4) is 0 Å². The number of ether oxygens (including phenoxy) is 3. The van der Waals surface area contributed by atoms with E-state index in [1.165, 1.54) is 0 Å². The molecule has 4 rings (SSSR count). The number of halogens is 1. The van der Waals surface area contributed by atoms with Gasteiger partial charge in [0.25, 0.3) is 5.91 Å². The third kappa shape index (κ3) is 3.88. The largest absolute Gasteiger partial charge is 0.482 e. The van der Waals surface area contributed by atoms with Crippen LogP contribution in [0.5, 0.6) is 17.4 Å². The van der Waals surface area contributed by atoms with Crippen molar-refractivity contribution in [1.29, 1.82) is 0 Å². The normalized spacial score (nSPS) is 22.4. The van der Waals surface area contributed by atoms with Crippen LogP contribution >= 0.6 is 15.9 Å². The number of aromatic nitrogens is 1. The molecule has 2 aromatic rings. The van der Waals surface area contributed by atoms with Crippen LogP contribution in [0.4, 0.5) is 0 Å². The molecule has 27 heavy (non-hydrogen) atoms. The molecule has 0 N–H and O–H groups in total. The highest BCUT2D eigenvalue weighted by Crippen LogP contribution is 2.34. The van der Waals surface area contributed by atoms with Crippen LogP contribution in [0.1, 0.15) is 19.8 Å². The second kappa shape index (κ2) is 7.76. The number of carbonyl (C=O) groups excluding carboxylic acids is 1. The number of likely N-dealkylation sites (tertiary alicyclic amines) is 1. The van der Waals surface area contributed by atoms with E-state index in [4.69, 9.17) is 14.2 Å². The fourth-order valence-corrected chi connectivity index (χ4v) is 3.73. The smallest absolute Gasteiger partial charge is 0.267 e. The number of amides is 1. The number of carbonyl (C=O) groups is 1. The summed E-state index contributed by atoms with van der Waals surface area (Å²) in [5.74, 6) is 1.86. The number of benzene rings is 1. The second-order valence-electron chi connectivity index (χ2n) is 6.74. The lowest BCUT2D eigenvalue weighted by molar-refractivity contribution is -0.146. The summed E-state index contributed by atoms with van der Waals surface area (Å²) in [6, 6.07) is 11.2. The van der Waals surface area contributed by atoms with Crippen molar-refractivity contribution in [1.82, 2.24) is 9.88 Å². The molecule has 2 aliphatic heterocycles. The van der Waals surface area contributed by atoms with Crippen LogP contribution in [0.25, 0.3) is 0 Å². The van der Waals surface area contributed by atoms with Gasteiger partial charge in [-0.1, -0.05) is 12.1 Å². The van der Waals surface area contributed by atoms with Gasteiger partial charge in [0, 0.05) is 32.1 Å². The summed E-state index contributed by atoms with van der Waals surface area (Å²) in [6.07, 6.45) is 2.31. The Morgan fingerprint density at radius 3 is 2.56 bits per heavy atom. The maximum absolute atomic E-state index is 13.0. The van der Waals surface area contributed by atoms with Crippen molar-refractivity contribution >= 4 is 21.8 Å². The average molecular weight is 433 g/mol. The summed E-state index contributed by atoms with van der Waals surface area (Å²) in [7, 11) is 0. The molecule has 1 saturated heterocycles. The first-order chi connectivity index (χ1) is 13.1. The molecule has 2 aliphatic rings. The Morgan fingerprint density at radius 1 is 1.15 bits per heavy atom. The van der Waals surface area contributed by atoms with Crippen molar-refractivity contribution in [3.8, 4) is 17.4 Å². The van der Waals surface area contributed by atoms with Crippen LogP contribution in [-0.4, -0.2) is 47.2 Å². The van der Waals surface area contributed by atoms with E-state index in [1.54, 1.807) is 6.20 Å². The van der Waals surface area contributed by atoms with E-state index in [-0.39, 0.29) is 18.1 Å². The molecule has 0 spiro atoms. The van der Waals surface area contributed by atoms with Crippen molar-refractivity contribution in [3.63, 3.8) is 0 Å². The van der Waals surface area contributed by atoms with Gasteiger partial charge in [0.1, 0.15) is 12.2 Å². The van der Waals surface area contributed by atoms with E-state index >= 15 is 0 Å². The number of fused-ring (bicyclic) bond motifs is 1. The van der Waals surface area contributed by atoms with Gasteiger partial charge in [-0.3, -0.25) is 4.79 Å². The summed E-state index contributed by atoms with van der Waals surface area (Å²) < 4.78 is 18.6. The molecular weight excluding hydrogens is 412 g/mol. The molecule has 7 heteroatoms. The topological polar surface area (TPSA) is 60.9 Å². The lowest BCUT2D eigenvalue weighted by Gasteiger charge is -2.37. The molecule has 2 atom stereocenters. The molecule has 0 aliphatic carbocycles. The monoisotopic (exact) mass is 432 g/mol. The maximum Gasteiger partial charge on any atom is 0.267 e. The lowest BCUT2D eigenvalue weighted by atomic mass is 10.1. The van der Waals surface area contributed by atoms with E-state index < -0.39 is 6.10 Å². The van der Waals surface area contributed by atoms with Crippen molar-refractivity contribution < 1.29 is 19.0 Å². The van der Waals surface area contributed by atoms with Crippen LogP contribution in [0, 0.1) is 0 Å². The molecule has 1 aromatic heterocycles. The number of rotatable bonds is 3. The SMILES string of the molecule is C[C@H]1Oc2ccccc2O[C@H]1C(=O)N1CCC(Oc2ncccc2Br)CC1. The van der Waals surface area contributed by atoms with Gasteiger partial charge in [0.05, 0.1) is 4.47 Å². The van der Waals surface area contributed by atoms with Gasteiger partial charge in [0.15, 0.2) is 11.5 Å². The first-order valence-electron chi connectivity index (χ1n) is 9.10. The number of nitrogens with zero attached hydrogens (tertiary/aromatic N) is 2. The first-order valence-corrected chi connectivity index (χ1v) is 9.89. The van der Waals surface area contributed by atoms with Crippen molar-refractivity contribution in [2.45, 2.75) is 38.1 Å². The van der Waals surface area contributed by atoms with Gasteiger partial charge >= 0.3 is 0 Å². The zero-order valence-corrected chi connectivity index (χ0v) is 16.6. The molecule has 0 unspecified atom stereocenters. The molecular formula is C20H21BrN2O4. The van der Waals surface area contributed by atoms with Crippen LogP contribution in [0.15, 0.2) is 47.1 Å². The van der Waals surface area contributed by atoms with Crippen molar-refractivity contribution in [2.24, 2.45) is 0 Å². The van der Waals surface area contributed by atoms with Crippen molar-refractivity contribution in [3.05, 3.63) is 47.1 Å². The fraction of sp³-hybridized carbons (Fsp3) is 0.400. The summed E-state index contributed by atoms with van der Waals surface area (Å²) in [4.78, 5) is 19.0. The average Bonchev–Trinajstić information content (AvgIpc) is 2.69. The summed E-state index contributed by atoms with van der Waals surface area (Å²) >= 11 is 3.45. The summed E-state index contributed by atoms with van der Waals surface area (Å²) in [5, 5.41) is 0. The number of piperidine rings is 1. The quantitative estimate of drug-likeness (QED) is 0.743. The van der Waals surface area contributed by atoms with Crippen LogP contribution in [-0.2, 0) is 4.79 Å². The Balaban J connectivity index is 1.36. The van der Waals surface area contributed by atoms with Gasteiger partial charge in [-0.15, -0.1) is 0 Å². The molecule has 1 fully saturated rings. The van der Waals surface area contributed by atoms with E-state index in [9.17, 15) is 4.79 Å². The van der Waals surface area contributed by atoms with Gasteiger partial charge in [-0.2, -0.15) is 0 Å². The minimum Gasteiger partial charge on any atom is -0.482 e. The van der Waals surface area contributed by atoms with Gasteiger partial charge < -0.3 is 19.1 Å². The maximum atomic E-state index is 13.0. The Morgan fingerprint density at radius 2 is 1.85 bits per heavy atom. The van der Waals surface area contributed by atoms with Gasteiger partial charge in [-0.25, -0.2) is 4.98 Å². The van der Waals surface area contributed by atoms with Gasteiger partial charge in [0.2, 0.25) is 12.0 Å². The van der Waals surface area contributed by atoms with Crippen LogP contribution < -0.4 is 14.2 Å². The minimum atomic E-state index is -0.623. The summed E-state index contributed by atoms with van der Waals surface area (Å²) in [6.45, 7) is 3.12. The molecule has 1 aromatic carbocycles. The van der Waals surface area contributed by atoms with E-state index in [0.717, 1.165) is 17.3 Å². The lowest BCUT2D eigenvalue weighted by Crippen LogP contribution is -2.53. The predicted molar refractivity (Wildman–Crippen MR) is 103 cm³/mol. The number of pyridine rings is 1. The summed E-state index contributed by atoms with van der Waals surface area (Å²) in [5.41, 5.74) is 0. The highest BCUT2D eigenvalue weighted by atomic mass is 79.9. The third-order valence-corrected chi connectivity index (χ3v) is 5.45. The van der Waals surface area contributed by atoms with Crippen LogP contribution in [0.2, 0.25) is 0 Å². The Labute approximate surface area is 166 Å². The number of hydrogen-bond acceptors (Lipinski definition) is 5. The highest BCUT2D eigenvalue weighted by Gasteiger charge is 2.38. The Kier molecular flexibility index (Phi) is 5.20. The minimum absolute atomic E-state index is 0.0329. The van der Waals surface area contributed by atoms with E-state index in [0.29, 0.717) is 30.5 Å². The van der Waals surface area contributed by atoms with E-state index in [1.807, 2.05) is 48.2 Å². The second-order valence-corrected chi connectivity index (χ2v) is 7.60. The molecule has 6 nitrogen and oxygen atoms in total. The first kappa shape index (κ1) is 18.1. The molecule has 3 heterocycles. The molecule has 142 valence electrons. The standard InChI is InChI=1S/C20H21BrN2O4/c1-13-18(27-17-7-3-2-6-16(17)25-13)20(24)23-11-8-14(9-12-23)26-19-15(21)5-4-10-22-19/h2-7,10,13-14,18H,8-9,11-12H2,1H3/t13-,18-/m1/s1. The highest BCUT2D eigenvalue weighted by molar-refractivity contribution is 9.10. The fourth-order valence-electron chi connectivity index (χ4n) is 3.38. The molecule has 0 bridgehead atoms. The van der Waals surface area contributed by atoms with E-state index in [2.05, 4.69) is 20.9 Å². The number of para-hydroxylation sites is 2. The zero-order valence-electron chi connectivity index (χ0n) is 15.0. The third-order valence-electron chi connectivity index (χ3n) is 4.84. The van der Waals surface area contributed by atoms with Crippen molar-refractivity contribution in [2.75, 3.05) is 13.1 Å². The molecule has 0 radical (unpaired) electrons. The van der Waals surface area contributed by atoms with Gasteiger partial charge in [-0.05, 0) is 47.1 Å².